The molecule has 3 aliphatic rings. The number of nitrogens with one attached hydrogen (secondary N) is 3. The molecule has 0 aromatic carbocycles. The number of hydrogen-bond donors (Lipinski definition) is 4. The molecule has 4 N–H and O–H groups in total. The van der Waals surface area contributed by atoms with E-state index in [-0.39, 0.29) is 42.9 Å². The number of morpholine rings is 3. The second-order valence-electron chi connectivity index (χ2n) is 23.3. The Kier molecular flexibility index (Phi) is 31.2. The SMILES string of the molecule is CC(=O)OC(C)C(=O)OC(CNC(C)(C)C)COc1nsnc1N1CCOCC1.CC(O)C(=O)OC(CNC(C)(C)C)COc1nsnc1N1CCOCC1.CCCC(=O)OC(C)C(=O)OC(CNC(C)(C)C)COc1nsnc1N1CCOCC1. The Balaban J connectivity index is 0.000000277. The van der Waals surface area contributed by atoms with Crippen molar-refractivity contribution in [1.82, 2.24) is 42.2 Å². The molecule has 3 aliphatic heterocycles. The number of hydrogen-bond acceptors (Lipinski definition) is 32. The van der Waals surface area contributed by atoms with Crippen LogP contribution in [0.1, 0.15) is 110 Å². The van der Waals surface area contributed by atoms with E-state index in [1.165, 1.54) is 27.7 Å². The van der Waals surface area contributed by atoms with Crippen LogP contribution in [-0.2, 0) is 61.9 Å². The van der Waals surface area contributed by atoms with Gasteiger partial charge in [-0.15, -0.1) is 13.1 Å². The maximum Gasteiger partial charge on any atom is 0.347 e. The molecule has 86 heavy (non-hydrogen) atoms. The van der Waals surface area contributed by atoms with E-state index in [0.29, 0.717) is 127 Å². The average Bonchev–Trinajstić information content (AvgIpc) is 3.96. The molecule has 0 spiro atoms. The zero-order valence-electron chi connectivity index (χ0n) is 52.3. The third kappa shape index (κ3) is 28.6. The molecule has 0 aliphatic carbocycles. The van der Waals surface area contributed by atoms with Crippen LogP contribution in [0, 0.1) is 0 Å². The summed E-state index contributed by atoms with van der Waals surface area (Å²) in [6.07, 6.45) is -4.00. The van der Waals surface area contributed by atoms with E-state index in [1.54, 1.807) is 0 Å². The Morgan fingerprint density at radius 2 is 0.802 bits per heavy atom. The molecule has 29 nitrogen and oxygen atoms in total. The molecule has 3 aromatic rings. The lowest BCUT2D eigenvalue weighted by molar-refractivity contribution is -0.171. The standard InChI is InChI=1S/C20H34N4O6S.C18H30N4O6S.C16H28N4O5S/c1-6-7-16(25)29-14(2)19(26)30-15(12-21-20(3,4)5)13-28-18-17(22-31-23-18)24-8-10-27-11-9-24;1-12(27-13(2)23)17(24)28-14(10-19-18(3,4)5)11-26-16-15(20-29-21-16)22-6-8-25-9-7-22;1-11(21)15(22)25-12(9-17-16(2,3)4)10-24-14-13(18-26-19-14)20-5-7-23-8-6-20/h14-15,21H,6-13H2,1-5H3;12,14,19H,6-11H2,1-5H3;11-12,17,21H,5-10H2,1-4H3. The van der Waals surface area contributed by atoms with Gasteiger partial charge in [0.05, 0.1) is 74.8 Å². The van der Waals surface area contributed by atoms with Gasteiger partial charge in [-0.3, -0.25) is 9.59 Å². The van der Waals surface area contributed by atoms with Gasteiger partial charge in [-0.1, -0.05) is 6.92 Å². The molecule has 6 heterocycles. The smallest absolute Gasteiger partial charge is 0.347 e. The first-order valence-electron chi connectivity index (χ1n) is 28.9. The summed E-state index contributed by atoms with van der Waals surface area (Å²) in [7, 11) is 0. The van der Waals surface area contributed by atoms with Crippen LogP contribution < -0.4 is 44.9 Å². The highest BCUT2D eigenvalue weighted by molar-refractivity contribution is 7.00. The molecule has 6 atom stereocenters. The summed E-state index contributed by atoms with van der Waals surface area (Å²) in [6.45, 7) is 35.1. The largest absolute Gasteiger partial charge is 0.470 e. The second-order valence-corrected chi connectivity index (χ2v) is 24.9. The van der Waals surface area contributed by atoms with Gasteiger partial charge in [0.1, 0.15) is 44.2 Å². The summed E-state index contributed by atoms with van der Waals surface area (Å²) in [4.78, 5) is 65.4. The minimum absolute atomic E-state index is 0.0877. The van der Waals surface area contributed by atoms with E-state index in [9.17, 15) is 29.1 Å². The number of aliphatic hydroxyl groups is 1. The molecule has 32 heteroatoms. The first-order chi connectivity index (χ1) is 40.6. The number of ether oxygens (including phenoxy) is 11. The van der Waals surface area contributed by atoms with Crippen LogP contribution in [0.2, 0.25) is 0 Å². The van der Waals surface area contributed by atoms with Gasteiger partial charge in [0.15, 0.2) is 12.2 Å². The fourth-order valence-electron chi connectivity index (χ4n) is 7.47. The van der Waals surface area contributed by atoms with Crippen molar-refractivity contribution in [3.8, 4) is 17.6 Å². The highest BCUT2D eigenvalue weighted by Gasteiger charge is 2.30. The quantitative estimate of drug-likeness (QED) is 0.0599. The van der Waals surface area contributed by atoms with Crippen LogP contribution in [0.5, 0.6) is 17.6 Å². The van der Waals surface area contributed by atoms with Crippen molar-refractivity contribution in [2.45, 2.75) is 163 Å². The molecule has 3 fully saturated rings. The third-order valence-corrected chi connectivity index (χ3v) is 13.5. The van der Waals surface area contributed by atoms with Crippen molar-refractivity contribution in [1.29, 1.82) is 0 Å². The fraction of sp³-hybridized carbons (Fsp3) is 0.796. The Morgan fingerprint density at radius 1 is 0.500 bits per heavy atom. The zero-order valence-corrected chi connectivity index (χ0v) is 54.8. The minimum Gasteiger partial charge on any atom is -0.470 e. The van der Waals surface area contributed by atoms with Crippen LogP contribution in [0.3, 0.4) is 0 Å². The van der Waals surface area contributed by atoms with Crippen molar-refractivity contribution in [2.75, 3.05) is 133 Å². The molecular formula is C54H92N12O17S3. The average molecular weight is 1280 g/mol. The van der Waals surface area contributed by atoms with Crippen LogP contribution >= 0.6 is 35.2 Å². The van der Waals surface area contributed by atoms with Crippen LogP contribution in [0.15, 0.2) is 0 Å². The Hall–Kier alpha value is -5.45. The maximum atomic E-state index is 12.5. The van der Waals surface area contributed by atoms with Crippen molar-refractivity contribution < 1.29 is 81.2 Å². The molecular weight excluding hydrogens is 1180 g/mol. The number of carbonyl (C=O) groups excluding carboxylic acids is 5. The van der Waals surface area contributed by atoms with Gasteiger partial charge in [-0.2, -0.15) is 13.1 Å². The Labute approximate surface area is 517 Å². The lowest BCUT2D eigenvalue weighted by Gasteiger charge is -2.28. The van der Waals surface area contributed by atoms with Gasteiger partial charge in [-0.05, 0) is 89.5 Å². The molecule has 0 amide bonds. The van der Waals surface area contributed by atoms with E-state index in [2.05, 4.69) is 56.9 Å². The summed E-state index contributed by atoms with van der Waals surface area (Å²) in [6, 6.07) is 0. The van der Waals surface area contributed by atoms with Crippen molar-refractivity contribution in [2.24, 2.45) is 0 Å². The molecule has 0 saturated carbocycles. The highest BCUT2D eigenvalue weighted by atomic mass is 32.1. The summed E-state index contributed by atoms with van der Waals surface area (Å²) >= 11 is 3.21. The monoisotopic (exact) mass is 1280 g/mol. The van der Waals surface area contributed by atoms with Crippen molar-refractivity contribution >= 4 is 82.5 Å². The van der Waals surface area contributed by atoms with Gasteiger partial charge in [0.25, 0.3) is 17.6 Å². The molecule has 0 radical (unpaired) electrons. The number of aliphatic hydroxyl groups excluding tert-OH is 1. The van der Waals surface area contributed by atoms with E-state index < -0.39 is 66.5 Å². The van der Waals surface area contributed by atoms with Gasteiger partial charge >= 0.3 is 29.8 Å². The lowest BCUT2D eigenvalue weighted by Crippen LogP contribution is -2.45. The molecule has 3 saturated heterocycles. The van der Waals surface area contributed by atoms with Gasteiger partial charge in [0, 0.05) is 88.9 Å². The van der Waals surface area contributed by atoms with Crippen LogP contribution in [0.25, 0.3) is 0 Å². The molecule has 3 aromatic heterocycles. The fourth-order valence-corrected chi connectivity index (χ4v) is 9.03. The van der Waals surface area contributed by atoms with E-state index in [1.807, 2.05) is 69.2 Å². The van der Waals surface area contributed by atoms with Crippen molar-refractivity contribution in [3.05, 3.63) is 0 Å². The number of rotatable bonds is 28. The molecule has 488 valence electrons. The number of esters is 5. The summed E-state index contributed by atoms with van der Waals surface area (Å²) < 4.78 is 85.7. The molecule has 6 rings (SSSR count). The van der Waals surface area contributed by atoms with Crippen LogP contribution in [-0.4, -0.2) is 233 Å². The first kappa shape index (κ1) is 73.0. The Bertz CT molecular complexity index is 2470. The normalized spacial score (nSPS) is 16.9. The minimum atomic E-state index is -1.18. The van der Waals surface area contributed by atoms with Gasteiger partial charge < -0.3 is 87.9 Å². The highest BCUT2D eigenvalue weighted by Crippen LogP contribution is 2.29. The number of carbonyl (C=O) groups is 5. The summed E-state index contributed by atoms with van der Waals surface area (Å²) in [5, 5.41) is 19.3. The number of nitrogens with zero attached hydrogens (tertiary/aromatic N) is 9. The predicted molar refractivity (Wildman–Crippen MR) is 322 cm³/mol. The topological polar surface area (TPSA) is 330 Å². The maximum absolute atomic E-state index is 12.5. The van der Waals surface area contributed by atoms with E-state index in [4.69, 9.17) is 52.1 Å². The van der Waals surface area contributed by atoms with Crippen LogP contribution in [0.4, 0.5) is 17.5 Å². The third-order valence-electron chi connectivity index (χ3n) is 12.0. The molecule has 0 bridgehead atoms. The van der Waals surface area contributed by atoms with E-state index >= 15 is 0 Å². The summed E-state index contributed by atoms with van der Waals surface area (Å²) in [5.41, 5.74) is -0.491. The number of aromatic nitrogens is 6. The predicted octanol–water partition coefficient (Wildman–Crippen LogP) is 3.22. The van der Waals surface area contributed by atoms with E-state index in [0.717, 1.165) is 48.3 Å². The Morgan fingerprint density at radius 3 is 1.08 bits per heavy atom. The number of anilines is 3. The molecule has 6 unspecified atom stereocenters. The lowest BCUT2D eigenvalue weighted by atomic mass is 10.1. The first-order valence-corrected chi connectivity index (χ1v) is 31.1. The zero-order chi connectivity index (χ0) is 63.5. The van der Waals surface area contributed by atoms with Gasteiger partial charge in [0.2, 0.25) is 17.5 Å². The van der Waals surface area contributed by atoms with Gasteiger partial charge in [-0.25, -0.2) is 14.4 Å². The second kappa shape index (κ2) is 36.8. The summed E-state index contributed by atoms with van der Waals surface area (Å²) in [5.74, 6) is 0.368. The van der Waals surface area contributed by atoms with Crippen molar-refractivity contribution in [3.63, 3.8) is 0 Å².